The highest BCUT2D eigenvalue weighted by Gasteiger charge is 2.32. The first kappa shape index (κ1) is 34.7. The molecule has 3 aromatic rings. The van der Waals surface area contributed by atoms with E-state index < -0.39 is 12.1 Å². The minimum Gasteiger partial charge on any atom is -0.493 e. The zero-order chi connectivity index (χ0) is 34.4. The van der Waals surface area contributed by atoms with Crippen molar-refractivity contribution in [3.05, 3.63) is 75.7 Å². The first-order valence-corrected chi connectivity index (χ1v) is 16.6. The Morgan fingerprint density at radius 1 is 0.958 bits per heavy atom. The fraction of sp³-hybridized carbons (Fsp3) is 0.459. The molecule has 1 aliphatic heterocycles. The highest BCUT2D eigenvalue weighted by atomic mass is 16.5. The van der Waals surface area contributed by atoms with Gasteiger partial charge in [-0.15, -0.1) is 0 Å². The standard InChI is InChI=1S/C37H47N5O6/c1-23(2)34(37(45)42-19-17-41(18-20-42)16-13-25-11-14-38-15-12-25)40-30-10-8-27-28(22-31(30)44)29(39-24(3)43)9-7-26-21-32(46-4)35(47-5)36(48-6)33(26)27/h8,10-12,14-15,21-23,29,34H,7,9,13,16-20H2,1-6H3,(H,39,43)(H,40,44). The summed E-state index contributed by atoms with van der Waals surface area (Å²) >= 11 is 0. The molecule has 0 spiro atoms. The summed E-state index contributed by atoms with van der Waals surface area (Å²) in [4.78, 5) is 48.5. The number of fused-ring (bicyclic) bond motifs is 3. The van der Waals surface area contributed by atoms with Gasteiger partial charge in [-0.2, -0.15) is 0 Å². The number of anilines is 1. The molecule has 2 aliphatic rings. The quantitative estimate of drug-likeness (QED) is 0.314. The molecule has 48 heavy (non-hydrogen) atoms. The van der Waals surface area contributed by atoms with Gasteiger partial charge in [-0.1, -0.05) is 19.9 Å². The molecule has 5 rings (SSSR count). The van der Waals surface area contributed by atoms with Crippen LogP contribution < -0.4 is 30.3 Å². The number of ether oxygens (including phenoxy) is 3. The highest BCUT2D eigenvalue weighted by Crippen LogP contribution is 2.50. The number of amides is 2. The van der Waals surface area contributed by atoms with E-state index in [9.17, 15) is 14.4 Å². The van der Waals surface area contributed by atoms with Crippen molar-refractivity contribution in [3.63, 3.8) is 0 Å². The number of nitrogens with one attached hydrogen (secondary N) is 2. The Kier molecular flexibility index (Phi) is 11.2. The number of carbonyl (C=O) groups excluding carboxylic acids is 2. The predicted octanol–water partition coefficient (Wildman–Crippen LogP) is 4.08. The molecule has 1 aliphatic carbocycles. The molecular weight excluding hydrogens is 610 g/mol. The number of methoxy groups -OCH3 is 3. The summed E-state index contributed by atoms with van der Waals surface area (Å²) in [5.41, 5.74) is 4.42. The molecule has 1 saturated heterocycles. The molecular formula is C37H47N5O6. The van der Waals surface area contributed by atoms with Gasteiger partial charge >= 0.3 is 0 Å². The molecule has 2 aromatic carbocycles. The van der Waals surface area contributed by atoms with Crippen LogP contribution in [0.5, 0.6) is 17.2 Å². The summed E-state index contributed by atoms with van der Waals surface area (Å²) in [5.74, 6) is 1.17. The van der Waals surface area contributed by atoms with E-state index in [4.69, 9.17) is 14.2 Å². The fourth-order valence-electron chi connectivity index (χ4n) is 6.73. The van der Waals surface area contributed by atoms with E-state index in [0.29, 0.717) is 54.4 Å². The van der Waals surface area contributed by atoms with E-state index in [2.05, 4.69) is 20.5 Å². The topological polar surface area (TPSA) is 122 Å². The van der Waals surface area contributed by atoms with Crippen molar-refractivity contribution in [1.82, 2.24) is 20.1 Å². The second kappa shape index (κ2) is 15.5. The Morgan fingerprint density at radius 3 is 2.29 bits per heavy atom. The van der Waals surface area contributed by atoms with Gasteiger partial charge in [0, 0.05) is 57.6 Å². The molecule has 0 saturated carbocycles. The third kappa shape index (κ3) is 7.57. The number of nitrogens with zero attached hydrogens (tertiary/aromatic N) is 3. The van der Waals surface area contributed by atoms with Crippen molar-refractivity contribution in [3.8, 4) is 28.4 Å². The van der Waals surface area contributed by atoms with Crippen LogP contribution in [0.4, 0.5) is 5.69 Å². The van der Waals surface area contributed by atoms with E-state index in [1.807, 2.05) is 55.4 Å². The molecule has 2 heterocycles. The number of pyridine rings is 1. The molecule has 11 heteroatoms. The normalized spacial score (nSPS) is 16.6. The minimum atomic E-state index is -0.597. The van der Waals surface area contributed by atoms with Crippen molar-refractivity contribution in [2.24, 2.45) is 5.92 Å². The number of aromatic nitrogens is 1. The Balaban J connectivity index is 1.44. The van der Waals surface area contributed by atoms with E-state index in [1.54, 1.807) is 33.5 Å². The zero-order valence-electron chi connectivity index (χ0n) is 28.8. The smallest absolute Gasteiger partial charge is 0.245 e. The van der Waals surface area contributed by atoms with Crippen LogP contribution in [-0.2, 0) is 22.4 Å². The van der Waals surface area contributed by atoms with E-state index >= 15 is 0 Å². The van der Waals surface area contributed by atoms with Crippen LogP contribution in [0.15, 0.2) is 53.6 Å². The second-order valence-electron chi connectivity index (χ2n) is 12.7. The molecule has 0 bridgehead atoms. The predicted molar refractivity (Wildman–Crippen MR) is 186 cm³/mol. The monoisotopic (exact) mass is 657 g/mol. The van der Waals surface area contributed by atoms with Crippen molar-refractivity contribution in [2.75, 3.05) is 59.4 Å². The number of hydrogen-bond acceptors (Lipinski definition) is 9. The van der Waals surface area contributed by atoms with Crippen LogP contribution >= 0.6 is 0 Å². The van der Waals surface area contributed by atoms with Gasteiger partial charge < -0.3 is 29.7 Å². The van der Waals surface area contributed by atoms with Crippen LogP contribution in [0.25, 0.3) is 11.1 Å². The van der Waals surface area contributed by atoms with E-state index in [1.165, 1.54) is 12.5 Å². The number of hydrogen-bond donors (Lipinski definition) is 2. The first-order valence-electron chi connectivity index (χ1n) is 16.6. The van der Waals surface area contributed by atoms with Crippen molar-refractivity contribution >= 4 is 17.5 Å². The third-order valence-electron chi connectivity index (χ3n) is 9.31. The lowest BCUT2D eigenvalue weighted by Gasteiger charge is -2.37. The molecule has 256 valence electrons. The number of rotatable bonds is 11. The number of aryl methyl sites for hydroxylation is 1. The van der Waals surface area contributed by atoms with Crippen molar-refractivity contribution < 1.29 is 23.8 Å². The fourth-order valence-corrected chi connectivity index (χ4v) is 6.73. The lowest BCUT2D eigenvalue weighted by Crippen LogP contribution is -2.54. The SMILES string of the molecule is COc1cc2c(c(OC)c1OC)-c1ccc(NC(C(=O)N3CCN(CCc4ccncc4)CC3)C(C)C)c(=O)cc1C(NC(C)=O)CC2. The Labute approximate surface area is 282 Å². The van der Waals surface area contributed by atoms with Gasteiger partial charge in [0.2, 0.25) is 23.0 Å². The Hall–Kier alpha value is -4.64. The summed E-state index contributed by atoms with van der Waals surface area (Å²) in [6.07, 6.45) is 5.73. The summed E-state index contributed by atoms with van der Waals surface area (Å²) in [6.45, 7) is 9.20. The minimum absolute atomic E-state index is 0.0220. The summed E-state index contributed by atoms with van der Waals surface area (Å²) < 4.78 is 17.2. The van der Waals surface area contributed by atoms with Gasteiger partial charge in [-0.05, 0) is 77.8 Å². The van der Waals surface area contributed by atoms with Crippen LogP contribution in [0.3, 0.4) is 0 Å². The Morgan fingerprint density at radius 2 is 1.67 bits per heavy atom. The largest absolute Gasteiger partial charge is 0.493 e. The van der Waals surface area contributed by atoms with E-state index in [0.717, 1.165) is 42.7 Å². The average Bonchev–Trinajstić information content (AvgIpc) is 3.33. The van der Waals surface area contributed by atoms with Crippen LogP contribution in [0, 0.1) is 5.92 Å². The molecule has 0 radical (unpaired) electrons. The summed E-state index contributed by atoms with van der Waals surface area (Å²) in [7, 11) is 4.70. The molecule has 2 amide bonds. The molecule has 1 aromatic heterocycles. The molecule has 2 atom stereocenters. The maximum atomic E-state index is 13.9. The van der Waals surface area contributed by atoms with Gasteiger partial charge in [0.1, 0.15) is 6.04 Å². The van der Waals surface area contributed by atoms with Crippen LogP contribution in [-0.4, -0.2) is 86.7 Å². The van der Waals surface area contributed by atoms with Crippen LogP contribution in [0.2, 0.25) is 0 Å². The molecule has 2 N–H and O–H groups in total. The van der Waals surface area contributed by atoms with Gasteiger partial charge in [0.25, 0.3) is 0 Å². The maximum absolute atomic E-state index is 13.9. The number of benzene rings is 1. The van der Waals surface area contributed by atoms with Gasteiger partial charge in [0.05, 0.1) is 33.1 Å². The van der Waals surface area contributed by atoms with Crippen molar-refractivity contribution in [1.29, 1.82) is 0 Å². The summed E-state index contributed by atoms with van der Waals surface area (Å²) in [5, 5.41) is 6.36. The van der Waals surface area contributed by atoms with Gasteiger partial charge in [-0.3, -0.25) is 24.3 Å². The summed E-state index contributed by atoms with van der Waals surface area (Å²) in [6, 6.07) is 10.2. The maximum Gasteiger partial charge on any atom is 0.245 e. The van der Waals surface area contributed by atoms with Crippen LogP contribution in [0.1, 0.15) is 49.9 Å². The van der Waals surface area contributed by atoms with Gasteiger partial charge in [0.15, 0.2) is 11.5 Å². The number of carbonyl (C=O) groups is 2. The molecule has 2 unspecified atom stereocenters. The third-order valence-corrected chi connectivity index (χ3v) is 9.31. The Bertz CT molecular complexity index is 1670. The number of piperazine rings is 1. The second-order valence-corrected chi connectivity index (χ2v) is 12.7. The highest BCUT2D eigenvalue weighted by molar-refractivity contribution is 5.86. The van der Waals surface area contributed by atoms with E-state index in [-0.39, 0.29) is 23.2 Å². The average molecular weight is 658 g/mol. The van der Waals surface area contributed by atoms with Gasteiger partial charge in [-0.25, -0.2) is 0 Å². The zero-order valence-corrected chi connectivity index (χ0v) is 28.8. The van der Waals surface area contributed by atoms with Crippen molar-refractivity contribution in [2.45, 2.75) is 52.1 Å². The molecule has 11 nitrogen and oxygen atoms in total. The molecule has 1 fully saturated rings. The first-order chi connectivity index (χ1) is 23.1. The lowest BCUT2D eigenvalue weighted by atomic mass is 9.95. The lowest BCUT2D eigenvalue weighted by molar-refractivity contribution is -0.134.